The zero-order chi connectivity index (χ0) is 13.1. The average molecular weight is 246 g/mol. The maximum atomic E-state index is 12.4. The van der Waals surface area contributed by atoms with Crippen LogP contribution in [0.4, 0.5) is 13.2 Å². The number of hydrogen-bond acceptors (Lipinski definition) is 2. The minimum atomic E-state index is -4.45. The van der Waals surface area contributed by atoms with Gasteiger partial charge >= 0.3 is 83.2 Å². The molecule has 2 rings (SSSR count). The van der Waals surface area contributed by atoms with Crippen molar-refractivity contribution in [2.45, 2.75) is 33.1 Å². The molecule has 1 aliphatic rings. The Balaban J connectivity index is 0.000000686. The third-order valence-corrected chi connectivity index (χ3v) is 2.36. The van der Waals surface area contributed by atoms with Crippen LogP contribution >= 0.6 is 0 Å². The van der Waals surface area contributed by atoms with Gasteiger partial charge in [-0.15, -0.1) is 0 Å². The van der Waals surface area contributed by atoms with E-state index < -0.39 is 17.2 Å². The molecule has 0 unspecified atom stereocenters. The Hall–Kier alpha value is -1.11. The molecule has 2 heterocycles. The fourth-order valence-corrected chi connectivity index (χ4v) is 1.62. The topological polar surface area (TPSA) is 34.0 Å². The first-order valence-corrected chi connectivity index (χ1v) is 5.50. The van der Waals surface area contributed by atoms with Gasteiger partial charge in [0.05, 0.1) is 0 Å². The second-order valence-corrected chi connectivity index (χ2v) is 3.40. The molecular weight excluding hydrogens is 232 g/mol. The van der Waals surface area contributed by atoms with E-state index in [0.717, 1.165) is 6.91 Å². The zero-order valence-electron chi connectivity index (χ0n) is 9.77. The Bertz CT molecular complexity index is 442. The molecule has 0 saturated carbocycles. The number of rotatable bonds is 0. The molecule has 1 aromatic heterocycles. The van der Waals surface area contributed by atoms with Gasteiger partial charge in [-0.05, 0) is 0 Å². The number of hydrogen-bond donors (Lipinski definition) is 1. The van der Waals surface area contributed by atoms with Crippen molar-refractivity contribution < 1.29 is 13.2 Å². The van der Waals surface area contributed by atoms with Gasteiger partial charge < -0.3 is 0 Å². The van der Waals surface area contributed by atoms with Crippen LogP contribution in [0, 0.1) is 0 Å². The van der Waals surface area contributed by atoms with Crippen LogP contribution in [0.2, 0.25) is 0 Å². The van der Waals surface area contributed by atoms with Gasteiger partial charge in [-0.3, -0.25) is 0 Å². The van der Waals surface area contributed by atoms with Crippen molar-refractivity contribution in [1.29, 1.82) is 0 Å². The molecule has 0 bridgehead atoms. The maximum absolute atomic E-state index is 12.4. The van der Waals surface area contributed by atoms with Crippen molar-refractivity contribution >= 4 is 6.91 Å². The fourth-order valence-electron chi connectivity index (χ4n) is 1.62. The Morgan fingerprint density at radius 2 is 2.06 bits per heavy atom. The fraction of sp³-hybridized carbons (Fsp3) is 0.600. The second kappa shape index (κ2) is 5.49. The van der Waals surface area contributed by atoms with E-state index in [2.05, 4.69) is 5.32 Å². The number of fused-ring (bicyclic) bond motifs is 1. The van der Waals surface area contributed by atoms with Crippen molar-refractivity contribution in [2.24, 2.45) is 0 Å². The first-order valence-electron chi connectivity index (χ1n) is 5.50. The van der Waals surface area contributed by atoms with Crippen molar-refractivity contribution in [3.05, 3.63) is 27.5 Å². The summed E-state index contributed by atoms with van der Waals surface area (Å²) < 4.78 is 38.5. The molecule has 0 fully saturated rings. The predicted molar refractivity (Wildman–Crippen MR) is 60.1 cm³/mol. The molecule has 0 aliphatic carbocycles. The molecule has 1 aromatic rings. The number of halogens is 3. The van der Waals surface area contributed by atoms with Crippen LogP contribution in [0.15, 0.2) is 10.9 Å². The zero-order valence-corrected chi connectivity index (χ0v) is 9.77. The Labute approximate surface area is 97.9 Å². The van der Waals surface area contributed by atoms with E-state index in [1.807, 2.05) is 13.8 Å². The van der Waals surface area contributed by atoms with E-state index in [1.165, 1.54) is 4.57 Å². The molecule has 0 spiro atoms. The van der Waals surface area contributed by atoms with Gasteiger partial charge in [-0.2, -0.15) is 0 Å². The standard InChI is InChI=1S/C8H8BF3N2O.C2H6/c10-8(11,12)5-3-7(15)14-2-1-13-4-6(14)9-5;1-2/h3,13H,1-2,4H2;1-2H3. The van der Waals surface area contributed by atoms with Crippen LogP contribution in [-0.2, 0) is 19.3 Å². The summed E-state index contributed by atoms with van der Waals surface area (Å²) >= 11 is 0. The van der Waals surface area contributed by atoms with Crippen LogP contribution < -0.4 is 10.9 Å². The summed E-state index contributed by atoms with van der Waals surface area (Å²) in [6.07, 6.45) is -4.45. The van der Waals surface area contributed by atoms with E-state index in [0.29, 0.717) is 31.3 Å². The first kappa shape index (κ1) is 14.0. The van der Waals surface area contributed by atoms with E-state index in [-0.39, 0.29) is 0 Å². The first-order chi connectivity index (χ1) is 7.98. The van der Waals surface area contributed by atoms with Crippen LogP contribution in [0.5, 0.6) is 0 Å². The SMILES string of the molecule is CC.O=c1cc(C(F)(F)F)bc2n1CCNC2. The number of nitrogens with one attached hydrogen (secondary N) is 1. The molecule has 17 heavy (non-hydrogen) atoms. The van der Waals surface area contributed by atoms with Crippen molar-refractivity contribution in [3.63, 3.8) is 0 Å². The molecular formula is C10H14BF3N2O. The van der Waals surface area contributed by atoms with E-state index in [9.17, 15) is 18.0 Å². The third kappa shape index (κ3) is 3.18. The Kier molecular flexibility index (Phi) is 4.50. The van der Waals surface area contributed by atoms with E-state index in [1.54, 1.807) is 0 Å². The van der Waals surface area contributed by atoms with Gasteiger partial charge in [0.25, 0.3) is 0 Å². The quantitative estimate of drug-likeness (QED) is 0.749. The minimum absolute atomic E-state index is 0.305. The molecule has 3 nitrogen and oxygen atoms in total. The van der Waals surface area contributed by atoms with Crippen LogP contribution in [0.1, 0.15) is 24.9 Å². The molecule has 0 radical (unpaired) electrons. The monoisotopic (exact) mass is 246 g/mol. The second-order valence-electron chi connectivity index (χ2n) is 3.40. The summed E-state index contributed by atoms with van der Waals surface area (Å²) in [6.45, 7) is 6.36. The predicted octanol–water partition coefficient (Wildman–Crippen LogP) is 1.33. The number of nitrogens with zero attached hydrogens (tertiary/aromatic N) is 1. The molecule has 1 aliphatic heterocycles. The van der Waals surface area contributed by atoms with E-state index in [4.69, 9.17) is 0 Å². The van der Waals surface area contributed by atoms with Gasteiger partial charge in [0.2, 0.25) is 0 Å². The number of aromatic nitrogens is 1. The van der Waals surface area contributed by atoms with Crippen LogP contribution in [0.3, 0.4) is 0 Å². The van der Waals surface area contributed by atoms with Crippen molar-refractivity contribution in [2.75, 3.05) is 6.54 Å². The summed E-state index contributed by atoms with van der Waals surface area (Å²) in [5.74, 6) is 0. The van der Waals surface area contributed by atoms with Gasteiger partial charge in [-0.1, -0.05) is 13.8 Å². The summed E-state index contributed by atoms with van der Waals surface area (Å²) in [5.41, 5.74) is -1.06. The molecule has 1 N–H and O–H groups in total. The van der Waals surface area contributed by atoms with Crippen LogP contribution in [-0.4, -0.2) is 18.0 Å². The van der Waals surface area contributed by atoms with Gasteiger partial charge in [0, 0.05) is 0 Å². The molecule has 0 amide bonds. The average Bonchev–Trinajstić information content (AvgIpc) is 2.30. The van der Waals surface area contributed by atoms with Gasteiger partial charge in [0.1, 0.15) is 0 Å². The van der Waals surface area contributed by atoms with Gasteiger partial charge in [-0.25, -0.2) is 0 Å². The van der Waals surface area contributed by atoms with Crippen LogP contribution in [0.25, 0.3) is 0 Å². The summed E-state index contributed by atoms with van der Waals surface area (Å²) in [5, 5.41) is 2.92. The van der Waals surface area contributed by atoms with Gasteiger partial charge in [0.15, 0.2) is 0 Å². The third-order valence-electron chi connectivity index (χ3n) is 2.36. The summed E-state index contributed by atoms with van der Waals surface area (Å²) in [6, 6.07) is 0.648. The molecule has 0 atom stereocenters. The normalized spacial score (nSPS) is 14.4. The summed E-state index contributed by atoms with van der Waals surface area (Å²) in [7, 11) is 0. The van der Waals surface area contributed by atoms with E-state index >= 15 is 0 Å². The Morgan fingerprint density at radius 1 is 1.41 bits per heavy atom. The molecule has 7 heteroatoms. The summed E-state index contributed by atoms with van der Waals surface area (Å²) in [4.78, 5) is 11.4. The molecule has 94 valence electrons. The number of alkyl halides is 3. The Morgan fingerprint density at radius 3 is 2.65 bits per heavy atom. The molecule has 0 saturated heterocycles. The van der Waals surface area contributed by atoms with Crippen molar-refractivity contribution in [1.82, 2.24) is 9.88 Å². The molecule has 0 aromatic carbocycles. The van der Waals surface area contributed by atoms with Crippen molar-refractivity contribution in [3.8, 4) is 0 Å².